The van der Waals surface area contributed by atoms with Crippen molar-refractivity contribution in [2.24, 2.45) is 0 Å². The van der Waals surface area contributed by atoms with Crippen LogP contribution < -0.4 is 10.1 Å². The van der Waals surface area contributed by atoms with E-state index in [0.717, 1.165) is 28.8 Å². The maximum absolute atomic E-state index is 11.8. The lowest BCUT2D eigenvalue weighted by atomic mass is 10.1. The highest BCUT2D eigenvalue weighted by Crippen LogP contribution is 2.25. The first-order valence-electron chi connectivity index (χ1n) is 6.26. The number of carbonyl (C=O) groups excluding carboxylic acids is 1. The fourth-order valence-corrected chi connectivity index (χ4v) is 2.28. The van der Waals surface area contributed by atoms with Crippen molar-refractivity contribution in [3.8, 4) is 5.75 Å². The molecule has 0 aliphatic heterocycles. The van der Waals surface area contributed by atoms with Crippen molar-refractivity contribution in [1.29, 1.82) is 0 Å². The Kier molecular flexibility index (Phi) is 6.87. The van der Waals surface area contributed by atoms with Crippen molar-refractivity contribution in [2.45, 2.75) is 12.8 Å². The number of amides is 1. The van der Waals surface area contributed by atoms with E-state index in [1.165, 1.54) is 0 Å². The molecule has 0 fully saturated rings. The first kappa shape index (κ1) is 16.0. The topological polar surface area (TPSA) is 41.6 Å². The first-order chi connectivity index (χ1) is 9.02. The van der Waals surface area contributed by atoms with Gasteiger partial charge in [0.2, 0.25) is 5.91 Å². The Morgan fingerprint density at radius 2 is 2.16 bits per heavy atom. The zero-order chi connectivity index (χ0) is 14.3. The van der Waals surface area contributed by atoms with E-state index in [9.17, 15) is 4.79 Å². The third-order valence-electron chi connectivity index (χ3n) is 2.69. The summed E-state index contributed by atoms with van der Waals surface area (Å²) in [6.07, 6.45) is 1.36. The average molecular weight is 329 g/mol. The minimum absolute atomic E-state index is 0.0517. The van der Waals surface area contributed by atoms with Crippen LogP contribution in [-0.4, -0.2) is 45.1 Å². The Morgan fingerprint density at radius 1 is 1.42 bits per heavy atom. The van der Waals surface area contributed by atoms with Crippen LogP contribution >= 0.6 is 15.9 Å². The van der Waals surface area contributed by atoms with Gasteiger partial charge in [-0.1, -0.05) is 6.07 Å². The Labute approximate surface area is 123 Å². The van der Waals surface area contributed by atoms with Crippen molar-refractivity contribution in [2.75, 3.05) is 34.3 Å². The molecular formula is C14H21BrN2O2. The lowest BCUT2D eigenvalue weighted by Gasteiger charge is -2.10. The molecule has 0 aliphatic rings. The molecule has 1 amide bonds. The smallest absolute Gasteiger partial charge is 0.224 e. The first-order valence-corrected chi connectivity index (χ1v) is 7.06. The predicted molar refractivity (Wildman–Crippen MR) is 80.6 cm³/mol. The average Bonchev–Trinajstić information content (AvgIpc) is 2.35. The van der Waals surface area contributed by atoms with Crippen molar-refractivity contribution >= 4 is 21.8 Å². The minimum Gasteiger partial charge on any atom is -0.496 e. The van der Waals surface area contributed by atoms with Gasteiger partial charge in [0.05, 0.1) is 18.0 Å². The molecule has 0 unspecified atom stereocenters. The van der Waals surface area contributed by atoms with Gasteiger partial charge >= 0.3 is 0 Å². The van der Waals surface area contributed by atoms with E-state index >= 15 is 0 Å². The van der Waals surface area contributed by atoms with Crippen LogP contribution in [0.4, 0.5) is 0 Å². The molecule has 106 valence electrons. The van der Waals surface area contributed by atoms with Crippen LogP contribution in [0.3, 0.4) is 0 Å². The summed E-state index contributed by atoms with van der Waals surface area (Å²) in [6.45, 7) is 1.70. The van der Waals surface area contributed by atoms with Crippen LogP contribution in [0.5, 0.6) is 5.75 Å². The van der Waals surface area contributed by atoms with Gasteiger partial charge in [0.15, 0.2) is 0 Å². The summed E-state index contributed by atoms with van der Waals surface area (Å²) in [5, 5.41) is 2.92. The maximum Gasteiger partial charge on any atom is 0.224 e. The third-order valence-corrected chi connectivity index (χ3v) is 3.30. The number of ether oxygens (including phenoxy) is 1. The number of nitrogens with one attached hydrogen (secondary N) is 1. The van der Waals surface area contributed by atoms with Gasteiger partial charge in [0, 0.05) is 6.54 Å². The molecule has 1 aromatic carbocycles. The Hall–Kier alpha value is -1.07. The molecule has 0 aliphatic carbocycles. The lowest BCUT2D eigenvalue weighted by molar-refractivity contribution is -0.120. The number of benzene rings is 1. The van der Waals surface area contributed by atoms with Crippen molar-refractivity contribution in [3.05, 3.63) is 28.2 Å². The van der Waals surface area contributed by atoms with Crippen LogP contribution in [0, 0.1) is 0 Å². The van der Waals surface area contributed by atoms with E-state index < -0.39 is 0 Å². The van der Waals surface area contributed by atoms with E-state index in [2.05, 4.69) is 26.1 Å². The van der Waals surface area contributed by atoms with E-state index in [-0.39, 0.29) is 5.91 Å². The van der Waals surface area contributed by atoms with Gasteiger partial charge < -0.3 is 15.0 Å². The van der Waals surface area contributed by atoms with E-state index in [0.29, 0.717) is 13.0 Å². The standard InChI is InChI=1S/C14H21BrN2O2/c1-17(2)8-4-7-16-14(18)10-11-5-6-13(19-3)12(15)9-11/h5-6,9H,4,7-8,10H2,1-3H3,(H,16,18). The van der Waals surface area contributed by atoms with Gasteiger partial charge in [-0.15, -0.1) is 0 Å². The number of rotatable bonds is 7. The van der Waals surface area contributed by atoms with Gasteiger partial charge in [0.25, 0.3) is 0 Å². The maximum atomic E-state index is 11.8. The van der Waals surface area contributed by atoms with Crippen LogP contribution in [0.15, 0.2) is 22.7 Å². The summed E-state index contributed by atoms with van der Waals surface area (Å²) in [6, 6.07) is 5.68. The molecule has 4 nitrogen and oxygen atoms in total. The summed E-state index contributed by atoms with van der Waals surface area (Å²) in [5.41, 5.74) is 0.970. The zero-order valence-electron chi connectivity index (χ0n) is 11.7. The van der Waals surface area contributed by atoms with E-state index in [4.69, 9.17) is 4.74 Å². The molecule has 1 N–H and O–H groups in total. The van der Waals surface area contributed by atoms with Crippen molar-refractivity contribution in [3.63, 3.8) is 0 Å². The molecule has 19 heavy (non-hydrogen) atoms. The highest BCUT2D eigenvalue weighted by Gasteiger charge is 2.06. The van der Waals surface area contributed by atoms with Crippen LogP contribution in [0.2, 0.25) is 0 Å². The SMILES string of the molecule is COc1ccc(CC(=O)NCCCN(C)C)cc1Br. The lowest BCUT2D eigenvalue weighted by Crippen LogP contribution is -2.28. The number of halogens is 1. The molecule has 0 atom stereocenters. The Balaban J connectivity index is 2.38. The summed E-state index contributed by atoms with van der Waals surface area (Å²) in [7, 11) is 5.67. The molecule has 0 radical (unpaired) electrons. The summed E-state index contributed by atoms with van der Waals surface area (Å²) in [5.74, 6) is 0.825. The summed E-state index contributed by atoms with van der Waals surface area (Å²) in [4.78, 5) is 13.9. The number of carbonyl (C=O) groups is 1. The molecular weight excluding hydrogens is 308 g/mol. The van der Waals surface area contributed by atoms with Gasteiger partial charge in [-0.05, 0) is 60.7 Å². The second-order valence-corrected chi connectivity index (χ2v) is 5.51. The summed E-state index contributed by atoms with van der Waals surface area (Å²) < 4.78 is 6.02. The minimum atomic E-state index is 0.0517. The molecule has 0 saturated heterocycles. The van der Waals surface area contributed by atoms with Gasteiger partial charge in [0.1, 0.15) is 5.75 Å². The molecule has 0 spiro atoms. The quantitative estimate of drug-likeness (QED) is 0.779. The summed E-state index contributed by atoms with van der Waals surface area (Å²) >= 11 is 3.41. The van der Waals surface area contributed by atoms with Crippen molar-refractivity contribution in [1.82, 2.24) is 10.2 Å². The predicted octanol–water partition coefficient (Wildman–Crippen LogP) is 2.07. The highest BCUT2D eigenvalue weighted by molar-refractivity contribution is 9.10. The second-order valence-electron chi connectivity index (χ2n) is 4.65. The van der Waals surface area contributed by atoms with Crippen molar-refractivity contribution < 1.29 is 9.53 Å². The number of hydrogen-bond donors (Lipinski definition) is 1. The number of methoxy groups -OCH3 is 1. The largest absolute Gasteiger partial charge is 0.496 e. The molecule has 5 heteroatoms. The van der Waals surface area contributed by atoms with Crippen LogP contribution in [0.25, 0.3) is 0 Å². The fourth-order valence-electron chi connectivity index (χ4n) is 1.69. The molecule has 0 heterocycles. The molecule has 1 rings (SSSR count). The van der Waals surface area contributed by atoms with E-state index in [1.54, 1.807) is 7.11 Å². The Morgan fingerprint density at radius 3 is 2.74 bits per heavy atom. The van der Waals surface area contributed by atoms with E-state index in [1.807, 2.05) is 32.3 Å². The molecule has 0 aromatic heterocycles. The van der Waals surface area contributed by atoms with Gasteiger partial charge in [-0.3, -0.25) is 4.79 Å². The zero-order valence-corrected chi connectivity index (χ0v) is 13.3. The van der Waals surface area contributed by atoms with Gasteiger partial charge in [-0.2, -0.15) is 0 Å². The third kappa shape index (κ3) is 6.07. The monoisotopic (exact) mass is 328 g/mol. The Bertz CT molecular complexity index is 422. The molecule has 1 aromatic rings. The number of hydrogen-bond acceptors (Lipinski definition) is 3. The molecule has 0 saturated carbocycles. The molecule has 0 bridgehead atoms. The normalized spacial score (nSPS) is 10.6. The highest BCUT2D eigenvalue weighted by atomic mass is 79.9. The fraction of sp³-hybridized carbons (Fsp3) is 0.500. The van der Waals surface area contributed by atoms with Crippen LogP contribution in [-0.2, 0) is 11.2 Å². The number of nitrogens with zero attached hydrogens (tertiary/aromatic N) is 1. The van der Waals surface area contributed by atoms with Crippen LogP contribution in [0.1, 0.15) is 12.0 Å². The second kappa shape index (κ2) is 8.17. The van der Waals surface area contributed by atoms with Gasteiger partial charge in [-0.25, -0.2) is 0 Å².